The molecule has 0 radical (unpaired) electrons. The van der Waals surface area contributed by atoms with Gasteiger partial charge in [0, 0.05) is 29.9 Å². The molecule has 7 nitrogen and oxygen atoms in total. The van der Waals surface area contributed by atoms with Gasteiger partial charge < -0.3 is 10.6 Å². The van der Waals surface area contributed by atoms with Crippen LogP contribution in [-0.2, 0) is 9.84 Å². The van der Waals surface area contributed by atoms with E-state index < -0.39 is 9.84 Å². The first-order valence-electron chi connectivity index (χ1n) is 7.99. The zero-order valence-electron chi connectivity index (χ0n) is 14.4. The Morgan fingerprint density at radius 1 is 1.15 bits per heavy atom. The van der Waals surface area contributed by atoms with E-state index in [0.717, 1.165) is 11.6 Å². The number of amides is 2. The van der Waals surface area contributed by atoms with Gasteiger partial charge in [-0.3, -0.25) is 0 Å². The van der Waals surface area contributed by atoms with Crippen LogP contribution in [-0.4, -0.2) is 37.2 Å². The monoisotopic (exact) mass is 370 g/mol. The molecule has 3 aromatic rings. The third-order valence-corrected chi connectivity index (χ3v) is 4.86. The van der Waals surface area contributed by atoms with Gasteiger partial charge in [0.15, 0.2) is 15.5 Å². The lowest BCUT2D eigenvalue weighted by Crippen LogP contribution is -2.28. The van der Waals surface area contributed by atoms with Crippen molar-refractivity contribution >= 4 is 32.6 Å². The molecule has 0 saturated heterocycles. The SMILES string of the molecule is CCNC(=O)Nc1cc2cccnc2nc1-c1ccc(S(C)(=O)=O)cc1. The number of aromatic nitrogens is 2. The summed E-state index contributed by atoms with van der Waals surface area (Å²) in [5.74, 6) is 0. The molecular formula is C18H18N4O3S. The van der Waals surface area contributed by atoms with Gasteiger partial charge >= 0.3 is 6.03 Å². The number of nitrogens with one attached hydrogen (secondary N) is 2. The van der Waals surface area contributed by atoms with E-state index in [1.165, 1.54) is 12.1 Å². The molecule has 134 valence electrons. The Morgan fingerprint density at radius 3 is 2.54 bits per heavy atom. The van der Waals surface area contributed by atoms with Crippen LogP contribution in [0, 0.1) is 0 Å². The zero-order valence-corrected chi connectivity index (χ0v) is 15.2. The van der Waals surface area contributed by atoms with Crippen LogP contribution < -0.4 is 10.6 Å². The van der Waals surface area contributed by atoms with Crippen molar-refractivity contribution < 1.29 is 13.2 Å². The van der Waals surface area contributed by atoms with E-state index in [-0.39, 0.29) is 10.9 Å². The second-order valence-electron chi connectivity index (χ2n) is 5.72. The first-order valence-corrected chi connectivity index (χ1v) is 9.88. The van der Waals surface area contributed by atoms with Gasteiger partial charge in [0.1, 0.15) is 0 Å². The Bertz CT molecular complexity index is 1060. The summed E-state index contributed by atoms with van der Waals surface area (Å²) in [6.45, 7) is 2.32. The molecule has 0 bridgehead atoms. The molecule has 0 aliphatic heterocycles. The van der Waals surface area contributed by atoms with Crippen LogP contribution in [0.2, 0.25) is 0 Å². The number of anilines is 1. The van der Waals surface area contributed by atoms with Gasteiger partial charge in [-0.2, -0.15) is 0 Å². The quantitative estimate of drug-likeness (QED) is 0.735. The molecule has 0 saturated carbocycles. The lowest BCUT2D eigenvalue weighted by molar-refractivity contribution is 0.252. The van der Waals surface area contributed by atoms with E-state index >= 15 is 0 Å². The normalized spacial score (nSPS) is 11.3. The Morgan fingerprint density at radius 2 is 1.88 bits per heavy atom. The van der Waals surface area contributed by atoms with Gasteiger partial charge in [-0.15, -0.1) is 0 Å². The van der Waals surface area contributed by atoms with Crippen molar-refractivity contribution in [2.45, 2.75) is 11.8 Å². The molecule has 0 aliphatic rings. The third kappa shape index (κ3) is 3.80. The highest BCUT2D eigenvalue weighted by Gasteiger charge is 2.14. The molecule has 0 spiro atoms. The average molecular weight is 370 g/mol. The number of pyridine rings is 2. The average Bonchev–Trinajstić information content (AvgIpc) is 2.61. The van der Waals surface area contributed by atoms with Gasteiger partial charge in [0.05, 0.1) is 16.3 Å². The van der Waals surface area contributed by atoms with Crippen LogP contribution in [0.1, 0.15) is 6.92 Å². The van der Waals surface area contributed by atoms with E-state index in [1.807, 2.05) is 13.0 Å². The second-order valence-corrected chi connectivity index (χ2v) is 7.73. The molecule has 26 heavy (non-hydrogen) atoms. The van der Waals surface area contributed by atoms with Gasteiger partial charge in [0.2, 0.25) is 0 Å². The Hall–Kier alpha value is -3.00. The fourth-order valence-corrected chi connectivity index (χ4v) is 3.14. The van der Waals surface area contributed by atoms with E-state index in [2.05, 4.69) is 20.6 Å². The molecule has 2 heterocycles. The molecule has 2 aromatic heterocycles. The van der Waals surface area contributed by atoms with Crippen LogP contribution >= 0.6 is 0 Å². The minimum Gasteiger partial charge on any atom is -0.338 e. The highest BCUT2D eigenvalue weighted by molar-refractivity contribution is 7.90. The number of benzene rings is 1. The van der Waals surface area contributed by atoms with Gasteiger partial charge in [-0.05, 0) is 37.3 Å². The van der Waals surface area contributed by atoms with Crippen molar-refractivity contribution in [1.82, 2.24) is 15.3 Å². The Balaban J connectivity index is 2.11. The summed E-state index contributed by atoms with van der Waals surface area (Å²) in [6.07, 6.45) is 2.80. The lowest BCUT2D eigenvalue weighted by Gasteiger charge is -2.12. The summed E-state index contributed by atoms with van der Waals surface area (Å²) in [7, 11) is -3.29. The first kappa shape index (κ1) is 17.8. The molecule has 0 fully saturated rings. The summed E-state index contributed by atoms with van der Waals surface area (Å²) >= 11 is 0. The fourth-order valence-electron chi connectivity index (χ4n) is 2.51. The highest BCUT2D eigenvalue weighted by atomic mass is 32.2. The van der Waals surface area contributed by atoms with Crippen LogP contribution in [0.3, 0.4) is 0 Å². The molecule has 0 atom stereocenters. The number of hydrogen-bond donors (Lipinski definition) is 2. The standard InChI is InChI=1S/C18H18N4O3S/c1-3-19-18(23)21-15-11-13-5-4-10-20-17(13)22-16(15)12-6-8-14(9-7-12)26(2,24)25/h4-11H,3H2,1-2H3,(H2,19,21,23). The van der Waals surface area contributed by atoms with E-state index in [9.17, 15) is 13.2 Å². The van der Waals surface area contributed by atoms with Crippen LogP contribution in [0.25, 0.3) is 22.3 Å². The predicted octanol–water partition coefficient (Wildman–Crippen LogP) is 2.84. The van der Waals surface area contributed by atoms with Gasteiger partial charge in [0.25, 0.3) is 0 Å². The summed E-state index contributed by atoms with van der Waals surface area (Å²) in [6, 6.07) is 11.5. The highest BCUT2D eigenvalue weighted by Crippen LogP contribution is 2.29. The lowest BCUT2D eigenvalue weighted by atomic mass is 10.1. The molecule has 2 N–H and O–H groups in total. The predicted molar refractivity (Wildman–Crippen MR) is 101 cm³/mol. The smallest absolute Gasteiger partial charge is 0.319 e. The van der Waals surface area contributed by atoms with Crippen molar-refractivity contribution in [3.8, 4) is 11.3 Å². The number of urea groups is 1. The summed E-state index contributed by atoms with van der Waals surface area (Å²) in [5, 5.41) is 6.25. The first-order chi connectivity index (χ1) is 12.4. The van der Waals surface area contributed by atoms with Crippen molar-refractivity contribution in [3.05, 3.63) is 48.7 Å². The number of carbonyl (C=O) groups excluding carboxylic acids is 1. The second kappa shape index (κ2) is 7.09. The van der Waals surface area contributed by atoms with Crippen LogP contribution in [0.5, 0.6) is 0 Å². The van der Waals surface area contributed by atoms with Gasteiger partial charge in [-0.25, -0.2) is 23.2 Å². The molecule has 1 aromatic carbocycles. The van der Waals surface area contributed by atoms with Crippen molar-refractivity contribution in [1.29, 1.82) is 0 Å². The number of rotatable bonds is 4. The topological polar surface area (TPSA) is 101 Å². The Kier molecular flexibility index (Phi) is 4.85. The molecule has 3 rings (SSSR count). The maximum Gasteiger partial charge on any atom is 0.319 e. The maximum absolute atomic E-state index is 12.0. The number of fused-ring (bicyclic) bond motifs is 1. The minimum atomic E-state index is -3.29. The zero-order chi connectivity index (χ0) is 18.7. The number of carbonyl (C=O) groups is 1. The maximum atomic E-state index is 12.0. The van der Waals surface area contributed by atoms with Gasteiger partial charge in [-0.1, -0.05) is 12.1 Å². The van der Waals surface area contributed by atoms with E-state index in [0.29, 0.717) is 29.1 Å². The summed E-state index contributed by atoms with van der Waals surface area (Å²) in [5.41, 5.74) is 2.25. The summed E-state index contributed by atoms with van der Waals surface area (Å²) < 4.78 is 23.3. The molecule has 0 aliphatic carbocycles. The van der Waals surface area contributed by atoms with E-state index in [4.69, 9.17) is 0 Å². The minimum absolute atomic E-state index is 0.221. The largest absolute Gasteiger partial charge is 0.338 e. The molecule has 8 heteroatoms. The molecular weight excluding hydrogens is 352 g/mol. The third-order valence-electron chi connectivity index (χ3n) is 3.73. The van der Waals surface area contributed by atoms with Crippen LogP contribution in [0.4, 0.5) is 10.5 Å². The number of nitrogens with zero attached hydrogens (tertiary/aromatic N) is 2. The molecule has 2 amide bonds. The van der Waals surface area contributed by atoms with E-state index in [1.54, 1.807) is 30.5 Å². The number of hydrogen-bond acceptors (Lipinski definition) is 5. The Labute approximate surface area is 151 Å². The fraction of sp³-hybridized carbons (Fsp3) is 0.167. The summed E-state index contributed by atoms with van der Waals surface area (Å²) in [4.78, 5) is 21.0. The van der Waals surface area contributed by atoms with Crippen molar-refractivity contribution in [3.63, 3.8) is 0 Å². The molecule has 0 unspecified atom stereocenters. The number of sulfone groups is 1. The van der Waals surface area contributed by atoms with Crippen molar-refractivity contribution in [2.24, 2.45) is 0 Å². The van der Waals surface area contributed by atoms with Crippen LogP contribution in [0.15, 0.2) is 53.6 Å². The van der Waals surface area contributed by atoms with Crippen molar-refractivity contribution in [2.75, 3.05) is 18.1 Å².